The van der Waals surface area contributed by atoms with Gasteiger partial charge in [-0.3, -0.25) is 4.98 Å². The number of nitrogens with one attached hydrogen (secondary N) is 1. The van der Waals surface area contributed by atoms with E-state index in [2.05, 4.69) is 40.1 Å². The summed E-state index contributed by atoms with van der Waals surface area (Å²) < 4.78 is 6.93. The van der Waals surface area contributed by atoms with Crippen molar-refractivity contribution in [2.75, 3.05) is 0 Å². The predicted molar refractivity (Wildman–Crippen MR) is 80.4 cm³/mol. The molecular formula is C15H17BrN2O. The Labute approximate surface area is 122 Å². The fourth-order valence-corrected chi connectivity index (χ4v) is 1.85. The number of ether oxygens (including phenoxy) is 1. The third-order valence-corrected chi connectivity index (χ3v) is 3.13. The molecule has 4 heteroatoms. The minimum absolute atomic E-state index is 0.431. The van der Waals surface area contributed by atoms with E-state index in [1.165, 1.54) is 0 Å². The second kappa shape index (κ2) is 6.68. The lowest BCUT2D eigenvalue weighted by atomic mass is 10.2. The number of benzene rings is 1. The number of hydrogen-bond acceptors (Lipinski definition) is 3. The van der Waals surface area contributed by atoms with Gasteiger partial charge in [-0.25, -0.2) is 0 Å². The van der Waals surface area contributed by atoms with E-state index in [0.717, 1.165) is 28.1 Å². The topological polar surface area (TPSA) is 34.2 Å². The Morgan fingerprint density at radius 2 is 1.95 bits per heavy atom. The first-order valence-electron chi connectivity index (χ1n) is 6.25. The number of pyridine rings is 1. The van der Waals surface area contributed by atoms with E-state index in [4.69, 9.17) is 4.74 Å². The molecule has 19 heavy (non-hydrogen) atoms. The molecule has 0 atom stereocenters. The zero-order valence-corrected chi connectivity index (χ0v) is 12.6. The lowest BCUT2D eigenvalue weighted by Gasteiger charge is -2.13. The first kappa shape index (κ1) is 14.0. The first-order chi connectivity index (χ1) is 9.15. The van der Waals surface area contributed by atoms with E-state index in [9.17, 15) is 0 Å². The summed E-state index contributed by atoms with van der Waals surface area (Å²) >= 11 is 3.41. The lowest BCUT2D eigenvalue weighted by Crippen LogP contribution is -2.22. The van der Waals surface area contributed by atoms with Crippen molar-refractivity contribution < 1.29 is 4.74 Å². The molecule has 0 unspecified atom stereocenters. The number of hydrogen-bond donors (Lipinski definition) is 1. The molecule has 1 N–H and O–H groups in total. The highest BCUT2D eigenvalue weighted by molar-refractivity contribution is 9.10. The van der Waals surface area contributed by atoms with Crippen LogP contribution in [0.4, 0.5) is 0 Å². The standard InChI is InChI=1S/C15H17BrN2O/c1-11(2)18-10-12-9-17-8-7-15(12)19-14-5-3-13(16)4-6-14/h3-9,11,18H,10H2,1-2H3. The molecule has 0 aliphatic rings. The molecule has 0 spiro atoms. The smallest absolute Gasteiger partial charge is 0.134 e. The van der Waals surface area contributed by atoms with Crippen molar-refractivity contribution >= 4 is 15.9 Å². The van der Waals surface area contributed by atoms with Crippen LogP contribution in [-0.2, 0) is 6.54 Å². The largest absolute Gasteiger partial charge is 0.457 e. The van der Waals surface area contributed by atoms with Crippen LogP contribution in [0.2, 0.25) is 0 Å². The van der Waals surface area contributed by atoms with E-state index < -0.39 is 0 Å². The van der Waals surface area contributed by atoms with Crippen molar-refractivity contribution in [2.24, 2.45) is 0 Å². The van der Waals surface area contributed by atoms with Crippen LogP contribution in [0.15, 0.2) is 47.2 Å². The quantitative estimate of drug-likeness (QED) is 0.899. The molecule has 1 aromatic heterocycles. The molecule has 1 heterocycles. The van der Waals surface area contributed by atoms with Gasteiger partial charge < -0.3 is 10.1 Å². The number of aromatic nitrogens is 1. The Balaban J connectivity index is 2.13. The molecule has 0 radical (unpaired) electrons. The summed E-state index contributed by atoms with van der Waals surface area (Å²) in [6.45, 7) is 4.98. The second-order valence-electron chi connectivity index (χ2n) is 4.57. The molecule has 100 valence electrons. The van der Waals surface area contributed by atoms with E-state index in [1.807, 2.05) is 36.5 Å². The fraction of sp³-hybridized carbons (Fsp3) is 0.267. The predicted octanol–water partition coefficient (Wildman–Crippen LogP) is 4.13. The molecule has 0 saturated heterocycles. The van der Waals surface area contributed by atoms with Gasteiger partial charge in [0.25, 0.3) is 0 Å². The fourth-order valence-electron chi connectivity index (χ4n) is 1.59. The van der Waals surface area contributed by atoms with Gasteiger partial charge in [0.05, 0.1) is 0 Å². The zero-order valence-electron chi connectivity index (χ0n) is 11.1. The van der Waals surface area contributed by atoms with Gasteiger partial charge >= 0.3 is 0 Å². The van der Waals surface area contributed by atoms with Crippen LogP contribution in [0.3, 0.4) is 0 Å². The van der Waals surface area contributed by atoms with Crippen molar-refractivity contribution in [3.8, 4) is 11.5 Å². The highest BCUT2D eigenvalue weighted by Gasteiger charge is 2.05. The average molecular weight is 321 g/mol. The van der Waals surface area contributed by atoms with Crippen molar-refractivity contribution in [1.29, 1.82) is 0 Å². The van der Waals surface area contributed by atoms with E-state index >= 15 is 0 Å². The van der Waals surface area contributed by atoms with Crippen molar-refractivity contribution in [3.05, 3.63) is 52.8 Å². The molecule has 1 aromatic carbocycles. The second-order valence-corrected chi connectivity index (χ2v) is 5.49. The molecule has 2 rings (SSSR count). The minimum atomic E-state index is 0.431. The van der Waals surface area contributed by atoms with Gasteiger partial charge in [0.15, 0.2) is 0 Å². The van der Waals surface area contributed by atoms with Gasteiger partial charge in [-0.05, 0) is 30.3 Å². The van der Waals surface area contributed by atoms with E-state index in [0.29, 0.717) is 6.04 Å². The normalized spacial score (nSPS) is 10.7. The number of rotatable bonds is 5. The molecule has 0 aliphatic heterocycles. The average Bonchev–Trinajstić information content (AvgIpc) is 2.40. The number of halogens is 1. The van der Waals surface area contributed by atoms with Gasteiger partial charge in [0.2, 0.25) is 0 Å². The maximum absolute atomic E-state index is 5.90. The van der Waals surface area contributed by atoms with Gasteiger partial charge in [0, 0.05) is 35.0 Å². The third-order valence-electron chi connectivity index (χ3n) is 2.60. The minimum Gasteiger partial charge on any atom is -0.457 e. The van der Waals surface area contributed by atoms with Crippen LogP contribution >= 0.6 is 15.9 Å². The highest BCUT2D eigenvalue weighted by Crippen LogP contribution is 2.25. The summed E-state index contributed by atoms with van der Waals surface area (Å²) in [4.78, 5) is 4.15. The highest BCUT2D eigenvalue weighted by atomic mass is 79.9. The van der Waals surface area contributed by atoms with E-state index in [1.54, 1.807) is 6.20 Å². The van der Waals surface area contributed by atoms with Gasteiger partial charge in [-0.2, -0.15) is 0 Å². The van der Waals surface area contributed by atoms with Gasteiger partial charge in [-0.1, -0.05) is 29.8 Å². The molecular weight excluding hydrogens is 304 g/mol. The number of nitrogens with zero attached hydrogens (tertiary/aromatic N) is 1. The van der Waals surface area contributed by atoms with Crippen molar-refractivity contribution in [1.82, 2.24) is 10.3 Å². The van der Waals surface area contributed by atoms with Crippen LogP contribution in [0, 0.1) is 0 Å². The summed E-state index contributed by atoms with van der Waals surface area (Å²) in [5.41, 5.74) is 1.05. The molecule has 0 bridgehead atoms. The van der Waals surface area contributed by atoms with Gasteiger partial charge in [0.1, 0.15) is 11.5 Å². The summed E-state index contributed by atoms with van der Waals surface area (Å²) in [6, 6.07) is 10.1. The summed E-state index contributed by atoms with van der Waals surface area (Å²) in [5.74, 6) is 1.66. The molecule has 0 saturated carbocycles. The van der Waals surface area contributed by atoms with Crippen LogP contribution in [-0.4, -0.2) is 11.0 Å². The maximum atomic E-state index is 5.90. The zero-order chi connectivity index (χ0) is 13.7. The third kappa shape index (κ3) is 4.33. The summed E-state index contributed by atoms with van der Waals surface area (Å²) in [5, 5.41) is 3.37. The van der Waals surface area contributed by atoms with Crippen LogP contribution in [0.1, 0.15) is 19.4 Å². The van der Waals surface area contributed by atoms with Crippen molar-refractivity contribution in [3.63, 3.8) is 0 Å². The summed E-state index contributed by atoms with van der Waals surface area (Å²) in [7, 11) is 0. The molecule has 0 aliphatic carbocycles. The SMILES string of the molecule is CC(C)NCc1cnccc1Oc1ccc(Br)cc1. The first-order valence-corrected chi connectivity index (χ1v) is 7.04. The van der Waals surface area contributed by atoms with Crippen LogP contribution in [0.5, 0.6) is 11.5 Å². The van der Waals surface area contributed by atoms with Crippen LogP contribution < -0.4 is 10.1 Å². The molecule has 0 fully saturated rings. The Bertz CT molecular complexity index is 526. The van der Waals surface area contributed by atoms with E-state index in [-0.39, 0.29) is 0 Å². The monoisotopic (exact) mass is 320 g/mol. The Kier molecular flexibility index (Phi) is 4.93. The Morgan fingerprint density at radius 1 is 1.21 bits per heavy atom. The van der Waals surface area contributed by atoms with Crippen molar-refractivity contribution in [2.45, 2.75) is 26.4 Å². The van der Waals surface area contributed by atoms with Crippen LogP contribution in [0.25, 0.3) is 0 Å². The van der Waals surface area contributed by atoms with Gasteiger partial charge in [-0.15, -0.1) is 0 Å². The summed E-state index contributed by atoms with van der Waals surface area (Å²) in [6.07, 6.45) is 3.58. The molecule has 3 nitrogen and oxygen atoms in total. The molecule has 2 aromatic rings. The maximum Gasteiger partial charge on any atom is 0.134 e. The Morgan fingerprint density at radius 3 is 2.63 bits per heavy atom. The molecule has 0 amide bonds. The lowest BCUT2D eigenvalue weighted by molar-refractivity contribution is 0.468. The Hall–Kier alpha value is -1.39.